The first kappa shape index (κ1) is 14.5. The molecule has 1 aliphatic rings. The smallest absolute Gasteiger partial charge is 0.239 e. The lowest BCUT2D eigenvalue weighted by Crippen LogP contribution is -2.52. The van der Waals surface area contributed by atoms with Crippen LogP contribution in [0.15, 0.2) is 30.3 Å². The van der Waals surface area contributed by atoms with E-state index in [1.807, 2.05) is 30.3 Å². The number of carbonyl (C=O) groups is 2. The van der Waals surface area contributed by atoms with Gasteiger partial charge in [-0.1, -0.05) is 30.3 Å². The number of hydrogen-bond acceptors (Lipinski definition) is 4. The Bertz CT molecular complexity index is 444. The molecular weight excluding hydrogens is 258 g/mol. The van der Waals surface area contributed by atoms with Gasteiger partial charge in [-0.2, -0.15) is 0 Å². The van der Waals surface area contributed by atoms with Crippen molar-refractivity contribution in [2.24, 2.45) is 0 Å². The quantitative estimate of drug-likeness (QED) is 0.672. The van der Waals surface area contributed by atoms with E-state index in [1.54, 1.807) is 0 Å². The van der Waals surface area contributed by atoms with Crippen LogP contribution in [-0.4, -0.2) is 44.2 Å². The van der Waals surface area contributed by atoms with Gasteiger partial charge in [-0.15, -0.1) is 0 Å². The van der Waals surface area contributed by atoms with Crippen LogP contribution < -0.4 is 16.0 Å². The number of nitrogens with one attached hydrogen (secondary N) is 3. The van der Waals surface area contributed by atoms with E-state index < -0.39 is 0 Å². The summed E-state index contributed by atoms with van der Waals surface area (Å²) in [5, 5.41) is 8.38. The molecule has 6 nitrogen and oxygen atoms in total. The second-order valence-corrected chi connectivity index (χ2v) is 4.56. The molecule has 6 heteroatoms. The summed E-state index contributed by atoms with van der Waals surface area (Å²) in [6.45, 7) is 2.04. The summed E-state index contributed by atoms with van der Waals surface area (Å²) in [6, 6.07) is 9.25. The van der Waals surface area contributed by atoms with E-state index in [1.165, 1.54) is 0 Å². The van der Waals surface area contributed by atoms with Gasteiger partial charge >= 0.3 is 0 Å². The van der Waals surface area contributed by atoms with Crippen LogP contribution in [0.3, 0.4) is 0 Å². The highest BCUT2D eigenvalue weighted by atomic mass is 16.5. The average molecular weight is 277 g/mol. The molecule has 2 rings (SSSR count). The zero-order valence-electron chi connectivity index (χ0n) is 11.2. The fraction of sp³-hybridized carbons (Fsp3) is 0.429. The maximum absolute atomic E-state index is 11.7. The summed E-state index contributed by atoms with van der Waals surface area (Å²) in [6.07, 6.45) is 0. The van der Waals surface area contributed by atoms with Crippen LogP contribution >= 0.6 is 0 Å². The van der Waals surface area contributed by atoms with E-state index in [4.69, 9.17) is 4.74 Å². The molecule has 0 aromatic heterocycles. The molecule has 0 saturated carbocycles. The molecule has 2 amide bonds. The van der Waals surface area contributed by atoms with Crippen molar-refractivity contribution in [1.82, 2.24) is 16.0 Å². The standard InChI is InChI=1S/C14H19N3O3/c18-13(16-8-11-4-2-1-3-5-11)9-17-14(19)12-10-20-7-6-15-12/h1-5,12,15H,6-10H2,(H,16,18)(H,17,19). The predicted molar refractivity (Wildman–Crippen MR) is 73.9 cm³/mol. The molecular formula is C14H19N3O3. The highest BCUT2D eigenvalue weighted by Crippen LogP contribution is 1.97. The van der Waals surface area contributed by atoms with Gasteiger partial charge in [0.25, 0.3) is 0 Å². The Hall–Kier alpha value is -1.92. The van der Waals surface area contributed by atoms with Crippen molar-refractivity contribution < 1.29 is 14.3 Å². The summed E-state index contributed by atoms with van der Waals surface area (Å²) < 4.78 is 5.19. The molecule has 1 unspecified atom stereocenters. The third kappa shape index (κ3) is 4.64. The van der Waals surface area contributed by atoms with Gasteiger partial charge in [-0.25, -0.2) is 0 Å². The van der Waals surface area contributed by atoms with Gasteiger partial charge in [0.1, 0.15) is 6.04 Å². The minimum Gasteiger partial charge on any atom is -0.378 e. The lowest BCUT2D eigenvalue weighted by molar-refractivity contribution is -0.129. The molecule has 1 atom stereocenters. The van der Waals surface area contributed by atoms with E-state index in [2.05, 4.69) is 16.0 Å². The second kappa shape index (κ2) is 7.62. The molecule has 0 aliphatic carbocycles. The number of ether oxygens (including phenoxy) is 1. The lowest BCUT2D eigenvalue weighted by Gasteiger charge is -2.22. The first-order chi connectivity index (χ1) is 9.75. The van der Waals surface area contributed by atoms with Crippen molar-refractivity contribution in [3.05, 3.63) is 35.9 Å². The van der Waals surface area contributed by atoms with Crippen LogP contribution in [0.4, 0.5) is 0 Å². The number of hydrogen-bond donors (Lipinski definition) is 3. The van der Waals surface area contributed by atoms with Crippen LogP contribution in [-0.2, 0) is 20.9 Å². The van der Waals surface area contributed by atoms with E-state index >= 15 is 0 Å². The third-order valence-electron chi connectivity index (χ3n) is 2.99. The third-order valence-corrected chi connectivity index (χ3v) is 2.99. The van der Waals surface area contributed by atoms with Crippen molar-refractivity contribution in [3.63, 3.8) is 0 Å². The van der Waals surface area contributed by atoms with Gasteiger partial charge in [0.05, 0.1) is 19.8 Å². The zero-order valence-corrected chi connectivity index (χ0v) is 11.2. The van der Waals surface area contributed by atoms with Crippen LogP contribution in [0.1, 0.15) is 5.56 Å². The predicted octanol–water partition coefficient (Wildman–Crippen LogP) is -0.593. The zero-order chi connectivity index (χ0) is 14.2. The molecule has 20 heavy (non-hydrogen) atoms. The molecule has 108 valence electrons. The molecule has 0 spiro atoms. The van der Waals surface area contributed by atoms with E-state index in [-0.39, 0.29) is 24.4 Å². The minimum absolute atomic E-state index is 0.0240. The molecule has 1 heterocycles. The number of benzene rings is 1. The van der Waals surface area contributed by atoms with Crippen molar-refractivity contribution in [1.29, 1.82) is 0 Å². The van der Waals surface area contributed by atoms with E-state index in [0.717, 1.165) is 5.56 Å². The SMILES string of the molecule is O=C(CNC(=O)C1COCCN1)NCc1ccccc1. The Labute approximate surface area is 117 Å². The van der Waals surface area contributed by atoms with E-state index in [0.29, 0.717) is 26.3 Å². The monoisotopic (exact) mass is 277 g/mol. The second-order valence-electron chi connectivity index (χ2n) is 4.56. The van der Waals surface area contributed by atoms with Gasteiger partial charge in [-0.3, -0.25) is 9.59 Å². The maximum Gasteiger partial charge on any atom is 0.239 e. The van der Waals surface area contributed by atoms with Gasteiger partial charge in [0.2, 0.25) is 11.8 Å². The Kier molecular flexibility index (Phi) is 5.52. The van der Waals surface area contributed by atoms with Crippen molar-refractivity contribution in [3.8, 4) is 0 Å². The average Bonchev–Trinajstić information content (AvgIpc) is 2.52. The van der Waals surface area contributed by atoms with Crippen molar-refractivity contribution in [2.45, 2.75) is 12.6 Å². The minimum atomic E-state index is -0.370. The van der Waals surface area contributed by atoms with Crippen LogP contribution in [0.2, 0.25) is 0 Å². The van der Waals surface area contributed by atoms with Gasteiger partial charge in [0.15, 0.2) is 0 Å². The molecule has 1 aromatic rings. The fourth-order valence-corrected chi connectivity index (χ4v) is 1.88. The highest BCUT2D eigenvalue weighted by molar-refractivity contribution is 5.87. The first-order valence-electron chi connectivity index (χ1n) is 6.65. The van der Waals surface area contributed by atoms with Gasteiger partial charge < -0.3 is 20.7 Å². The Morgan fingerprint density at radius 3 is 2.75 bits per heavy atom. The lowest BCUT2D eigenvalue weighted by atomic mass is 10.2. The maximum atomic E-state index is 11.7. The van der Waals surface area contributed by atoms with Crippen LogP contribution in [0.5, 0.6) is 0 Å². The fourth-order valence-electron chi connectivity index (χ4n) is 1.88. The van der Waals surface area contributed by atoms with Gasteiger partial charge in [-0.05, 0) is 5.56 Å². The van der Waals surface area contributed by atoms with Crippen LogP contribution in [0.25, 0.3) is 0 Å². The summed E-state index contributed by atoms with van der Waals surface area (Å²) in [5.74, 6) is -0.418. The topological polar surface area (TPSA) is 79.5 Å². The normalized spacial score (nSPS) is 18.3. The Morgan fingerprint density at radius 1 is 1.25 bits per heavy atom. The Balaban J connectivity index is 1.65. The molecule has 0 bridgehead atoms. The number of carbonyl (C=O) groups excluding carboxylic acids is 2. The molecule has 1 fully saturated rings. The first-order valence-corrected chi connectivity index (χ1v) is 6.65. The van der Waals surface area contributed by atoms with Crippen LogP contribution in [0, 0.1) is 0 Å². The largest absolute Gasteiger partial charge is 0.378 e. The summed E-state index contributed by atoms with van der Waals surface area (Å²) in [4.78, 5) is 23.4. The molecule has 1 saturated heterocycles. The molecule has 1 aromatic carbocycles. The van der Waals surface area contributed by atoms with Crippen molar-refractivity contribution in [2.75, 3.05) is 26.3 Å². The summed E-state index contributed by atoms with van der Waals surface area (Å²) in [7, 11) is 0. The molecule has 3 N–H and O–H groups in total. The highest BCUT2D eigenvalue weighted by Gasteiger charge is 2.21. The Morgan fingerprint density at radius 2 is 2.05 bits per heavy atom. The molecule has 0 radical (unpaired) electrons. The number of amides is 2. The summed E-state index contributed by atoms with van der Waals surface area (Å²) >= 11 is 0. The van der Waals surface area contributed by atoms with E-state index in [9.17, 15) is 9.59 Å². The number of rotatable bonds is 5. The number of morpholine rings is 1. The van der Waals surface area contributed by atoms with Gasteiger partial charge in [0, 0.05) is 13.1 Å². The summed E-state index contributed by atoms with van der Waals surface area (Å²) in [5.41, 5.74) is 1.02. The van der Waals surface area contributed by atoms with Crippen molar-refractivity contribution >= 4 is 11.8 Å². The molecule has 1 aliphatic heterocycles.